The lowest BCUT2D eigenvalue weighted by Crippen LogP contribution is -2.40. The van der Waals surface area contributed by atoms with Gasteiger partial charge in [0.15, 0.2) is 5.96 Å². The zero-order valence-electron chi connectivity index (χ0n) is 16.1. The molecule has 0 unspecified atom stereocenters. The van der Waals surface area contributed by atoms with Crippen LogP contribution in [0.5, 0.6) is 0 Å². The van der Waals surface area contributed by atoms with Gasteiger partial charge in [-0.05, 0) is 54.7 Å². The molecule has 9 heteroatoms. The Morgan fingerprint density at radius 1 is 1.07 bits per heavy atom. The predicted octanol–water partition coefficient (Wildman–Crippen LogP) is 3.22. The Morgan fingerprint density at radius 2 is 1.76 bits per heavy atom. The Morgan fingerprint density at radius 3 is 2.48 bits per heavy atom. The van der Waals surface area contributed by atoms with Gasteiger partial charge in [0.2, 0.25) is 10.0 Å². The van der Waals surface area contributed by atoms with E-state index in [-0.39, 0.29) is 35.4 Å². The first-order chi connectivity index (χ1) is 13.4. The lowest BCUT2D eigenvalue weighted by atomic mass is 10.1. The van der Waals surface area contributed by atoms with Crippen molar-refractivity contribution in [3.63, 3.8) is 0 Å². The van der Waals surface area contributed by atoms with Crippen LogP contribution in [0, 0.1) is 5.82 Å². The molecule has 6 nitrogen and oxygen atoms in total. The highest BCUT2D eigenvalue weighted by Crippen LogP contribution is 2.14. The minimum absolute atomic E-state index is 0. The van der Waals surface area contributed by atoms with Gasteiger partial charge in [0.05, 0.1) is 11.4 Å². The van der Waals surface area contributed by atoms with E-state index in [0.717, 1.165) is 31.5 Å². The number of rotatable bonds is 6. The Hall–Kier alpha value is -1.72. The van der Waals surface area contributed by atoms with Gasteiger partial charge in [-0.15, -0.1) is 24.0 Å². The van der Waals surface area contributed by atoms with E-state index < -0.39 is 15.8 Å². The molecule has 0 aromatic heterocycles. The van der Waals surface area contributed by atoms with Gasteiger partial charge in [-0.25, -0.2) is 22.5 Å². The first kappa shape index (κ1) is 23.6. The van der Waals surface area contributed by atoms with Crippen LogP contribution in [-0.2, 0) is 23.1 Å². The summed E-state index contributed by atoms with van der Waals surface area (Å²) >= 11 is 0. The summed E-state index contributed by atoms with van der Waals surface area (Å²) in [5.41, 5.74) is 7.37. The molecule has 0 atom stereocenters. The molecule has 0 amide bonds. The van der Waals surface area contributed by atoms with E-state index in [1.807, 2.05) is 6.07 Å². The second kappa shape index (κ2) is 10.9. The summed E-state index contributed by atoms with van der Waals surface area (Å²) < 4.78 is 40.9. The fourth-order valence-electron chi connectivity index (χ4n) is 3.11. The van der Waals surface area contributed by atoms with Crippen LogP contribution in [0.4, 0.5) is 4.39 Å². The van der Waals surface area contributed by atoms with Crippen molar-refractivity contribution in [3.05, 3.63) is 65.5 Å². The molecule has 1 aliphatic rings. The standard InChI is InChI=1S/C20H25FN4O2S.HI/c21-18-8-4-6-16(12-18)15-24-28(26,27)19-9-5-7-17(13-19)14-23-20(22)25-10-2-1-3-11-25;/h4-9,12-13,24H,1-3,10-11,14-15H2,(H2,22,23);1H. The Balaban J connectivity index is 0.00000300. The molecule has 1 heterocycles. The number of hydrogen-bond donors (Lipinski definition) is 2. The second-order valence-electron chi connectivity index (χ2n) is 6.82. The van der Waals surface area contributed by atoms with Gasteiger partial charge in [0.1, 0.15) is 5.82 Å². The van der Waals surface area contributed by atoms with Crippen molar-refractivity contribution in [1.82, 2.24) is 9.62 Å². The molecule has 1 fully saturated rings. The van der Waals surface area contributed by atoms with Crippen LogP contribution in [0.25, 0.3) is 0 Å². The molecular weight excluding hydrogens is 506 g/mol. The summed E-state index contributed by atoms with van der Waals surface area (Å²) in [6.45, 7) is 2.15. The molecule has 1 saturated heterocycles. The molecule has 0 radical (unpaired) electrons. The van der Waals surface area contributed by atoms with E-state index in [2.05, 4.69) is 14.6 Å². The Kier molecular flexibility index (Phi) is 8.84. The molecule has 2 aromatic rings. The second-order valence-corrected chi connectivity index (χ2v) is 8.59. The third-order valence-corrected chi connectivity index (χ3v) is 6.07. The molecule has 0 saturated carbocycles. The largest absolute Gasteiger partial charge is 0.370 e. The Labute approximate surface area is 188 Å². The SMILES string of the molecule is I.NC(=NCc1cccc(S(=O)(=O)NCc2cccc(F)c2)c1)N1CCCCC1. The van der Waals surface area contributed by atoms with Crippen LogP contribution in [-0.4, -0.2) is 32.4 Å². The van der Waals surface area contributed by atoms with E-state index in [1.54, 1.807) is 24.3 Å². The number of guanidine groups is 1. The first-order valence-electron chi connectivity index (χ1n) is 9.32. The van der Waals surface area contributed by atoms with Crippen molar-refractivity contribution < 1.29 is 12.8 Å². The summed E-state index contributed by atoms with van der Waals surface area (Å²) in [6.07, 6.45) is 3.44. The highest BCUT2D eigenvalue weighted by molar-refractivity contribution is 14.0. The maximum Gasteiger partial charge on any atom is 0.240 e. The molecule has 3 rings (SSSR count). The van der Waals surface area contributed by atoms with Gasteiger partial charge < -0.3 is 10.6 Å². The van der Waals surface area contributed by atoms with Crippen LogP contribution < -0.4 is 10.5 Å². The summed E-state index contributed by atoms with van der Waals surface area (Å²) in [5.74, 6) is 0.0973. The quantitative estimate of drug-likeness (QED) is 0.340. The molecular formula is C20H26FIN4O2S. The normalized spacial score (nSPS) is 15.1. The number of likely N-dealkylation sites (tertiary alicyclic amines) is 1. The van der Waals surface area contributed by atoms with Crippen molar-refractivity contribution in [2.75, 3.05) is 13.1 Å². The fraction of sp³-hybridized carbons (Fsp3) is 0.350. The molecule has 3 N–H and O–H groups in total. The number of piperidine rings is 1. The average molecular weight is 532 g/mol. The molecule has 29 heavy (non-hydrogen) atoms. The van der Waals surface area contributed by atoms with Gasteiger partial charge in [0.25, 0.3) is 0 Å². The first-order valence-corrected chi connectivity index (χ1v) is 10.8. The molecule has 0 aliphatic carbocycles. The fourth-order valence-corrected chi connectivity index (χ4v) is 4.20. The highest BCUT2D eigenvalue weighted by atomic mass is 127. The van der Waals surface area contributed by atoms with Gasteiger partial charge in [-0.1, -0.05) is 24.3 Å². The van der Waals surface area contributed by atoms with Gasteiger partial charge in [-0.3, -0.25) is 0 Å². The summed E-state index contributed by atoms with van der Waals surface area (Å²) in [7, 11) is -3.72. The van der Waals surface area contributed by atoms with Crippen molar-refractivity contribution in [1.29, 1.82) is 0 Å². The smallest absolute Gasteiger partial charge is 0.240 e. The summed E-state index contributed by atoms with van der Waals surface area (Å²) in [6, 6.07) is 12.4. The molecule has 1 aliphatic heterocycles. The zero-order valence-corrected chi connectivity index (χ0v) is 19.2. The highest BCUT2D eigenvalue weighted by Gasteiger charge is 2.15. The number of nitrogens with one attached hydrogen (secondary N) is 1. The van der Waals surface area contributed by atoms with Crippen LogP contribution in [0.3, 0.4) is 0 Å². The van der Waals surface area contributed by atoms with Crippen molar-refractivity contribution in [2.45, 2.75) is 37.2 Å². The number of benzene rings is 2. The molecule has 0 spiro atoms. The lowest BCUT2D eigenvalue weighted by Gasteiger charge is -2.27. The van der Waals surface area contributed by atoms with E-state index in [1.165, 1.54) is 24.6 Å². The van der Waals surface area contributed by atoms with E-state index in [0.29, 0.717) is 18.1 Å². The minimum Gasteiger partial charge on any atom is -0.370 e. The maximum absolute atomic E-state index is 13.2. The number of nitrogens with two attached hydrogens (primary N) is 1. The van der Waals surface area contributed by atoms with Gasteiger partial charge in [-0.2, -0.15) is 0 Å². The van der Waals surface area contributed by atoms with Crippen LogP contribution >= 0.6 is 24.0 Å². The van der Waals surface area contributed by atoms with E-state index in [9.17, 15) is 12.8 Å². The van der Waals surface area contributed by atoms with Crippen molar-refractivity contribution in [3.8, 4) is 0 Å². The van der Waals surface area contributed by atoms with Crippen LogP contribution in [0.15, 0.2) is 58.4 Å². The third kappa shape index (κ3) is 6.93. The molecule has 2 aromatic carbocycles. The third-order valence-electron chi connectivity index (χ3n) is 4.67. The van der Waals surface area contributed by atoms with Gasteiger partial charge >= 0.3 is 0 Å². The zero-order chi connectivity index (χ0) is 20.0. The average Bonchev–Trinajstić information content (AvgIpc) is 2.71. The van der Waals surface area contributed by atoms with Crippen LogP contribution in [0.1, 0.15) is 30.4 Å². The minimum atomic E-state index is -3.72. The number of nitrogens with zero attached hydrogens (tertiary/aromatic N) is 2. The number of aliphatic imine (C=N–C) groups is 1. The van der Waals surface area contributed by atoms with Crippen molar-refractivity contribution >= 4 is 40.0 Å². The number of hydrogen-bond acceptors (Lipinski definition) is 3. The van der Waals surface area contributed by atoms with Crippen molar-refractivity contribution in [2.24, 2.45) is 10.7 Å². The Bertz CT molecular complexity index is 947. The van der Waals surface area contributed by atoms with E-state index >= 15 is 0 Å². The number of halogens is 2. The summed E-state index contributed by atoms with van der Waals surface area (Å²) in [4.78, 5) is 6.61. The van der Waals surface area contributed by atoms with Crippen LogP contribution in [0.2, 0.25) is 0 Å². The lowest BCUT2D eigenvalue weighted by molar-refractivity contribution is 0.338. The maximum atomic E-state index is 13.2. The summed E-state index contributed by atoms with van der Waals surface area (Å²) in [5, 5.41) is 0. The topological polar surface area (TPSA) is 87.8 Å². The van der Waals surface area contributed by atoms with E-state index in [4.69, 9.17) is 5.73 Å². The molecule has 0 bridgehead atoms. The predicted molar refractivity (Wildman–Crippen MR) is 123 cm³/mol. The van der Waals surface area contributed by atoms with Gasteiger partial charge in [0, 0.05) is 19.6 Å². The monoisotopic (exact) mass is 532 g/mol. The molecule has 158 valence electrons. The number of sulfonamides is 1.